The van der Waals surface area contributed by atoms with E-state index >= 15 is 0 Å². The Morgan fingerprint density at radius 1 is 1.47 bits per heavy atom. The second-order valence-electron chi connectivity index (χ2n) is 3.01. The Morgan fingerprint density at radius 2 is 2.27 bits per heavy atom. The van der Waals surface area contributed by atoms with Gasteiger partial charge in [-0.3, -0.25) is 4.79 Å². The van der Waals surface area contributed by atoms with E-state index in [2.05, 4.69) is 4.98 Å². The molecule has 0 N–H and O–H groups in total. The maximum atomic E-state index is 11.1. The van der Waals surface area contributed by atoms with Crippen molar-refractivity contribution in [3.8, 4) is 5.88 Å². The number of hydrogen-bond donors (Lipinski definition) is 0. The van der Waals surface area contributed by atoms with E-state index in [1.54, 1.807) is 26.3 Å². The number of carbonyl (C=O) groups excluding carboxylic acids is 1. The number of hydrogen-bond acceptors (Lipinski definition) is 4. The van der Waals surface area contributed by atoms with Gasteiger partial charge in [0.15, 0.2) is 0 Å². The van der Waals surface area contributed by atoms with Crippen molar-refractivity contribution in [1.82, 2.24) is 4.98 Å². The first kappa shape index (κ1) is 11.5. The SMILES string of the molecule is CCOC(=O)CCc1ccc(OC)nc1. The molecular weight excluding hydrogens is 194 g/mol. The van der Waals surface area contributed by atoms with E-state index in [4.69, 9.17) is 9.47 Å². The van der Waals surface area contributed by atoms with Gasteiger partial charge in [-0.1, -0.05) is 6.07 Å². The topological polar surface area (TPSA) is 48.4 Å². The molecule has 0 aromatic carbocycles. The summed E-state index contributed by atoms with van der Waals surface area (Å²) in [4.78, 5) is 15.1. The molecule has 82 valence electrons. The summed E-state index contributed by atoms with van der Waals surface area (Å²) in [5.41, 5.74) is 1.00. The fourth-order valence-corrected chi connectivity index (χ4v) is 1.16. The van der Waals surface area contributed by atoms with Crippen LogP contribution in [-0.2, 0) is 16.0 Å². The largest absolute Gasteiger partial charge is 0.481 e. The van der Waals surface area contributed by atoms with Gasteiger partial charge in [-0.15, -0.1) is 0 Å². The number of carbonyl (C=O) groups is 1. The van der Waals surface area contributed by atoms with Crippen LogP contribution in [-0.4, -0.2) is 24.7 Å². The molecule has 1 heterocycles. The zero-order chi connectivity index (χ0) is 11.1. The van der Waals surface area contributed by atoms with Gasteiger partial charge in [-0.05, 0) is 18.9 Å². The van der Waals surface area contributed by atoms with Crippen LogP contribution in [0, 0.1) is 0 Å². The van der Waals surface area contributed by atoms with Gasteiger partial charge in [0.1, 0.15) is 0 Å². The predicted octanol–water partition coefficient (Wildman–Crippen LogP) is 1.59. The monoisotopic (exact) mass is 209 g/mol. The highest BCUT2D eigenvalue weighted by Crippen LogP contribution is 2.08. The Morgan fingerprint density at radius 3 is 2.80 bits per heavy atom. The molecule has 0 saturated heterocycles. The molecule has 0 atom stereocenters. The Balaban J connectivity index is 2.40. The Hall–Kier alpha value is -1.58. The highest BCUT2D eigenvalue weighted by Gasteiger charge is 2.02. The fraction of sp³-hybridized carbons (Fsp3) is 0.455. The number of methoxy groups -OCH3 is 1. The van der Waals surface area contributed by atoms with Gasteiger partial charge < -0.3 is 9.47 Å². The summed E-state index contributed by atoms with van der Waals surface area (Å²) in [5.74, 6) is 0.406. The molecular formula is C11H15NO3. The number of esters is 1. The van der Waals surface area contributed by atoms with Crippen molar-refractivity contribution in [3.05, 3.63) is 23.9 Å². The summed E-state index contributed by atoms with van der Waals surface area (Å²) in [7, 11) is 1.57. The molecule has 0 bridgehead atoms. The molecule has 0 saturated carbocycles. The lowest BCUT2D eigenvalue weighted by molar-refractivity contribution is -0.143. The summed E-state index contributed by atoms with van der Waals surface area (Å²) in [6.45, 7) is 2.23. The van der Waals surface area contributed by atoms with Crippen LogP contribution in [0.5, 0.6) is 5.88 Å². The minimum absolute atomic E-state index is 0.173. The molecule has 0 aliphatic heterocycles. The summed E-state index contributed by atoms with van der Waals surface area (Å²) < 4.78 is 9.76. The highest BCUT2D eigenvalue weighted by molar-refractivity contribution is 5.69. The molecule has 1 aromatic rings. The third-order valence-corrected chi connectivity index (χ3v) is 1.93. The third-order valence-electron chi connectivity index (χ3n) is 1.93. The number of pyridine rings is 1. The third kappa shape index (κ3) is 3.97. The average Bonchev–Trinajstić information content (AvgIpc) is 2.27. The van der Waals surface area contributed by atoms with Crippen molar-refractivity contribution >= 4 is 5.97 Å². The molecule has 0 amide bonds. The first-order valence-electron chi connectivity index (χ1n) is 4.90. The number of aryl methyl sites for hydroxylation is 1. The quantitative estimate of drug-likeness (QED) is 0.691. The number of nitrogens with zero attached hydrogens (tertiary/aromatic N) is 1. The van der Waals surface area contributed by atoms with Gasteiger partial charge in [0.05, 0.1) is 13.7 Å². The van der Waals surface area contributed by atoms with E-state index in [-0.39, 0.29) is 5.97 Å². The van der Waals surface area contributed by atoms with Crippen LogP contribution < -0.4 is 4.74 Å². The normalized spacial score (nSPS) is 9.73. The predicted molar refractivity (Wildman–Crippen MR) is 55.7 cm³/mol. The van der Waals surface area contributed by atoms with Crippen molar-refractivity contribution < 1.29 is 14.3 Å². The molecule has 0 radical (unpaired) electrons. The molecule has 0 spiro atoms. The van der Waals surface area contributed by atoms with E-state index < -0.39 is 0 Å². The summed E-state index contributed by atoms with van der Waals surface area (Å²) >= 11 is 0. The molecule has 0 fully saturated rings. The lowest BCUT2D eigenvalue weighted by Crippen LogP contribution is -2.05. The van der Waals surface area contributed by atoms with Crippen LogP contribution >= 0.6 is 0 Å². The zero-order valence-electron chi connectivity index (χ0n) is 9.03. The van der Waals surface area contributed by atoms with Gasteiger partial charge in [0.2, 0.25) is 5.88 Å². The first-order chi connectivity index (χ1) is 7.26. The lowest BCUT2D eigenvalue weighted by atomic mass is 10.1. The molecule has 4 heteroatoms. The van der Waals surface area contributed by atoms with Gasteiger partial charge in [-0.2, -0.15) is 0 Å². The first-order valence-corrected chi connectivity index (χ1v) is 4.90. The molecule has 1 rings (SSSR count). The van der Waals surface area contributed by atoms with Crippen LogP contribution in [0.2, 0.25) is 0 Å². The summed E-state index contributed by atoms with van der Waals surface area (Å²) in [6, 6.07) is 3.67. The maximum Gasteiger partial charge on any atom is 0.306 e. The van der Waals surface area contributed by atoms with Gasteiger partial charge in [0.25, 0.3) is 0 Å². The van der Waals surface area contributed by atoms with Gasteiger partial charge >= 0.3 is 5.97 Å². The maximum absolute atomic E-state index is 11.1. The number of ether oxygens (including phenoxy) is 2. The second-order valence-corrected chi connectivity index (χ2v) is 3.01. The Labute approximate surface area is 89.2 Å². The Kier molecular flexibility index (Phi) is 4.60. The van der Waals surface area contributed by atoms with E-state index in [0.29, 0.717) is 25.3 Å². The minimum atomic E-state index is -0.173. The van der Waals surface area contributed by atoms with Gasteiger partial charge in [-0.25, -0.2) is 4.98 Å². The van der Waals surface area contributed by atoms with Crippen LogP contribution in [0.15, 0.2) is 18.3 Å². The highest BCUT2D eigenvalue weighted by atomic mass is 16.5. The zero-order valence-corrected chi connectivity index (χ0v) is 9.03. The molecule has 15 heavy (non-hydrogen) atoms. The van der Waals surface area contributed by atoms with Crippen molar-refractivity contribution in [2.45, 2.75) is 19.8 Å². The molecule has 0 aliphatic rings. The van der Waals surface area contributed by atoms with Crippen molar-refractivity contribution in [1.29, 1.82) is 0 Å². The fourth-order valence-electron chi connectivity index (χ4n) is 1.16. The lowest BCUT2D eigenvalue weighted by Gasteiger charge is -2.02. The van der Waals surface area contributed by atoms with Crippen LogP contribution in [0.1, 0.15) is 18.9 Å². The number of aromatic nitrogens is 1. The van der Waals surface area contributed by atoms with Crippen molar-refractivity contribution in [2.24, 2.45) is 0 Å². The van der Waals surface area contributed by atoms with Crippen LogP contribution in [0.3, 0.4) is 0 Å². The van der Waals surface area contributed by atoms with E-state index in [1.807, 2.05) is 6.07 Å². The molecule has 4 nitrogen and oxygen atoms in total. The van der Waals surface area contributed by atoms with E-state index in [0.717, 1.165) is 5.56 Å². The summed E-state index contributed by atoms with van der Waals surface area (Å²) in [5, 5.41) is 0. The van der Waals surface area contributed by atoms with Gasteiger partial charge in [0, 0.05) is 18.7 Å². The molecule has 0 aliphatic carbocycles. The molecule has 0 unspecified atom stereocenters. The van der Waals surface area contributed by atoms with Crippen LogP contribution in [0.25, 0.3) is 0 Å². The van der Waals surface area contributed by atoms with Crippen molar-refractivity contribution in [2.75, 3.05) is 13.7 Å². The molecule has 1 aromatic heterocycles. The van der Waals surface area contributed by atoms with Crippen LogP contribution in [0.4, 0.5) is 0 Å². The van der Waals surface area contributed by atoms with E-state index in [1.165, 1.54) is 0 Å². The average molecular weight is 209 g/mol. The second kappa shape index (κ2) is 6.01. The van der Waals surface area contributed by atoms with E-state index in [9.17, 15) is 4.79 Å². The number of rotatable bonds is 5. The standard InChI is InChI=1S/C11H15NO3/c1-3-15-11(13)7-5-9-4-6-10(14-2)12-8-9/h4,6,8H,3,5,7H2,1-2H3. The minimum Gasteiger partial charge on any atom is -0.481 e. The summed E-state index contributed by atoms with van der Waals surface area (Å²) in [6.07, 6.45) is 2.75. The smallest absolute Gasteiger partial charge is 0.306 e. The van der Waals surface area contributed by atoms with Crippen molar-refractivity contribution in [3.63, 3.8) is 0 Å². The Bertz CT molecular complexity index is 308.